The molecule has 0 aliphatic rings. The van der Waals surface area contributed by atoms with E-state index in [-0.39, 0.29) is 0 Å². The Morgan fingerprint density at radius 2 is 2.36 bits per heavy atom. The number of halogens is 1. The molecular weight excluding hydrogens is 222 g/mol. The van der Waals surface area contributed by atoms with Crippen LogP contribution in [0, 0.1) is 0 Å². The molecule has 1 rings (SSSR count). The predicted octanol–water partition coefficient (Wildman–Crippen LogP) is 2.66. The van der Waals surface area contributed by atoms with Crippen LogP contribution in [0.25, 0.3) is 0 Å². The van der Waals surface area contributed by atoms with Crippen molar-refractivity contribution in [2.75, 3.05) is 7.05 Å². The van der Waals surface area contributed by atoms with E-state index in [4.69, 9.17) is 0 Å². The van der Waals surface area contributed by atoms with E-state index >= 15 is 0 Å². The summed E-state index contributed by atoms with van der Waals surface area (Å²) >= 11 is 5.25. The third-order valence-corrected chi connectivity index (χ3v) is 3.27. The van der Waals surface area contributed by atoms with Crippen molar-refractivity contribution in [2.24, 2.45) is 0 Å². The highest BCUT2D eigenvalue weighted by molar-refractivity contribution is 9.11. The average Bonchev–Trinajstić information content (AvgIpc) is 2.35. The fourth-order valence-corrected chi connectivity index (χ4v) is 2.48. The summed E-state index contributed by atoms with van der Waals surface area (Å²) in [7, 11) is 1.99. The summed E-state index contributed by atoms with van der Waals surface area (Å²) in [6.07, 6.45) is 1.12. The first-order valence-corrected chi connectivity index (χ1v) is 5.25. The molecule has 1 atom stereocenters. The van der Waals surface area contributed by atoms with Crippen LogP contribution in [0.15, 0.2) is 15.9 Å². The quantitative estimate of drug-likeness (QED) is 0.847. The second-order valence-electron chi connectivity index (χ2n) is 2.60. The van der Waals surface area contributed by atoms with E-state index < -0.39 is 0 Å². The fraction of sp³-hybridized carbons (Fsp3) is 0.500. The molecule has 1 aromatic rings. The van der Waals surface area contributed by atoms with Crippen LogP contribution in [0.1, 0.15) is 11.8 Å². The molecule has 0 aliphatic carbocycles. The predicted molar refractivity (Wildman–Crippen MR) is 54.2 cm³/mol. The van der Waals surface area contributed by atoms with Gasteiger partial charge in [-0.1, -0.05) is 0 Å². The lowest BCUT2D eigenvalue weighted by Crippen LogP contribution is -2.22. The first-order valence-electron chi connectivity index (χ1n) is 3.64. The summed E-state index contributed by atoms with van der Waals surface area (Å²) in [5.74, 6) is 0. The molecule has 1 unspecified atom stereocenters. The first kappa shape index (κ1) is 9.23. The zero-order valence-electron chi connectivity index (χ0n) is 6.73. The Kier molecular flexibility index (Phi) is 3.55. The Labute approximate surface area is 79.9 Å². The van der Waals surface area contributed by atoms with Crippen LogP contribution in [0.5, 0.6) is 0 Å². The Morgan fingerprint density at radius 3 is 2.82 bits per heavy atom. The molecule has 0 saturated carbocycles. The molecule has 0 fully saturated rings. The van der Waals surface area contributed by atoms with Crippen molar-refractivity contribution in [3.05, 3.63) is 20.8 Å². The molecule has 0 amide bonds. The number of thiophene rings is 1. The van der Waals surface area contributed by atoms with Crippen LogP contribution in [-0.4, -0.2) is 13.1 Å². The minimum Gasteiger partial charge on any atom is -0.317 e. The molecule has 0 radical (unpaired) electrons. The molecule has 0 aromatic carbocycles. The number of nitrogens with one attached hydrogen (secondary N) is 1. The molecular formula is C8H12BrNS. The van der Waals surface area contributed by atoms with Crippen LogP contribution >= 0.6 is 27.3 Å². The molecule has 1 nitrogen and oxygen atoms in total. The zero-order chi connectivity index (χ0) is 8.27. The van der Waals surface area contributed by atoms with Crippen LogP contribution in [0.3, 0.4) is 0 Å². The lowest BCUT2D eigenvalue weighted by molar-refractivity contribution is 0.613. The Bertz CT molecular complexity index is 222. The fourth-order valence-electron chi connectivity index (χ4n) is 0.865. The molecule has 0 spiro atoms. The maximum Gasteiger partial charge on any atom is 0.0701 e. The lowest BCUT2D eigenvalue weighted by Gasteiger charge is -2.06. The largest absolute Gasteiger partial charge is 0.317 e. The van der Waals surface area contributed by atoms with Gasteiger partial charge in [0.2, 0.25) is 0 Å². The second kappa shape index (κ2) is 4.24. The van der Waals surface area contributed by atoms with E-state index in [1.165, 1.54) is 8.66 Å². The normalized spacial score (nSPS) is 13.4. The summed E-state index contributed by atoms with van der Waals surface area (Å²) < 4.78 is 1.22. The van der Waals surface area contributed by atoms with E-state index in [1.54, 1.807) is 0 Å². The highest BCUT2D eigenvalue weighted by Crippen LogP contribution is 2.22. The molecule has 0 saturated heterocycles. The molecule has 11 heavy (non-hydrogen) atoms. The number of rotatable bonds is 3. The Balaban J connectivity index is 2.50. The topological polar surface area (TPSA) is 12.0 Å². The van der Waals surface area contributed by atoms with Crippen molar-refractivity contribution in [3.63, 3.8) is 0 Å². The minimum atomic E-state index is 0.570. The van der Waals surface area contributed by atoms with Gasteiger partial charge >= 0.3 is 0 Å². The van der Waals surface area contributed by atoms with Gasteiger partial charge in [0.25, 0.3) is 0 Å². The average molecular weight is 234 g/mol. The van der Waals surface area contributed by atoms with E-state index in [9.17, 15) is 0 Å². The Hall–Kier alpha value is 0.140. The summed E-state index contributed by atoms with van der Waals surface area (Å²) in [5.41, 5.74) is 0. The van der Waals surface area contributed by atoms with Gasteiger partial charge in [0.1, 0.15) is 0 Å². The van der Waals surface area contributed by atoms with Crippen LogP contribution in [0.4, 0.5) is 0 Å². The number of likely N-dealkylation sites (N-methyl/N-ethyl adjacent to an activating group) is 1. The second-order valence-corrected chi connectivity index (χ2v) is 5.15. The molecule has 0 bridgehead atoms. The maximum absolute atomic E-state index is 3.44. The maximum atomic E-state index is 3.44. The van der Waals surface area contributed by atoms with Crippen LogP contribution in [0.2, 0.25) is 0 Å². The van der Waals surface area contributed by atoms with Gasteiger partial charge in [-0.3, -0.25) is 0 Å². The van der Waals surface area contributed by atoms with Gasteiger partial charge in [0, 0.05) is 10.9 Å². The summed E-state index contributed by atoms with van der Waals surface area (Å²) in [6.45, 7) is 2.19. The highest BCUT2D eigenvalue weighted by atomic mass is 79.9. The smallest absolute Gasteiger partial charge is 0.0701 e. The van der Waals surface area contributed by atoms with E-state index in [0.29, 0.717) is 6.04 Å². The van der Waals surface area contributed by atoms with Gasteiger partial charge in [0.15, 0.2) is 0 Å². The summed E-state index contributed by atoms with van der Waals surface area (Å²) in [5, 5.41) is 3.21. The van der Waals surface area contributed by atoms with Crippen molar-refractivity contribution in [1.82, 2.24) is 5.32 Å². The molecule has 1 aromatic heterocycles. The molecule has 1 N–H and O–H groups in total. The van der Waals surface area contributed by atoms with E-state index in [2.05, 4.69) is 40.3 Å². The van der Waals surface area contributed by atoms with Crippen molar-refractivity contribution < 1.29 is 0 Å². The van der Waals surface area contributed by atoms with Crippen LogP contribution in [-0.2, 0) is 6.42 Å². The lowest BCUT2D eigenvalue weighted by atomic mass is 10.2. The van der Waals surface area contributed by atoms with Crippen molar-refractivity contribution in [2.45, 2.75) is 19.4 Å². The van der Waals surface area contributed by atoms with Gasteiger partial charge in [-0.25, -0.2) is 0 Å². The van der Waals surface area contributed by atoms with E-state index in [0.717, 1.165) is 6.42 Å². The van der Waals surface area contributed by atoms with Crippen molar-refractivity contribution >= 4 is 27.3 Å². The summed E-state index contributed by atoms with van der Waals surface area (Å²) in [6, 6.07) is 4.84. The van der Waals surface area contributed by atoms with E-state index in [1.807, 2.05) is 18.4 Å². The van der Waals surface area contributed by atoms with Gasteiger partial charge < -0.3 is 5.32 Å². The van der Waals surface area contributed by atoms with Crippen LogP contribution < -0.4 is 5.32 Å². The highest BCUT2D eigenvalue weighted by Gasteiger charge is 2.02. The van der Waals surface area contributed by atoms with Gasteiger partial charge in [0.05, 0.1) is 3.79 Å². The Morgan fingerprint density at radius 1 is 1.64 bits per heavy atom. The number of hydrogen-bond acceptors (Lipinski definition) is 2. The van der Waals surface area contributed by atoms with Gasteiger partial charge in [-0.05, 0) is 48.5 Å². The molecule has 3 heteroatoms. The minimum absolute atomic E-state index is 0.570. The number of hydrogen-bond donors (Lipinski definition) is 1. The molecule has 0 aliphatic heterocycles. The van der Waals surface area contributed by atoms with Gasteiger partial charge in [-0.2, -0.15) is 0 Å². The third-order valence-electron chi connectivity index (χ3n) is 1.63. The standard InChI is InChI=1S/C8H12BrNS/c1-6(10-2)5-7-3-4-8(9)11-7/h3-4,6,10H,5H2,1-2H3. The molecule has 1 heterocycles. The van der Waals surface area contributed by atoms with Crippen molar-refractivity contribution in [3.8, 4) is 0 Å². The zero-order valence-corrected chi connectivity index (χ0v) is 9.13. The third kappa shape index (κ3) is 2.93. The monoisotopic (exact) mass is 233 g/mol. The molecule has 62 valence electrons. The first-order chi connectivity index (χ1) is 5.22. The van der Waals surface area contributed by atoms with Crippen molar-refractivity contribution in [1.29, 1.82) is 0 Å². The summed E-state index contributed by atoms with van der Waals surface area (Å²) in [4.78, 5) is 1.43. The van der Waals surface area contributed by atoms with Gasteiger partial charge in [-0.15, -0.1) is 11.3 Å². The SMILES string of the molecule is CNC(C)Cc1ccc(Br)s1.